The third-order valence-corrected chi connectivity index (χ3v) is 4.04. The first-order chi connectivity index (χ1) is 9.83. The van der Waals surface area contributed by atoms with Crippen LogP contribution < -0.4 is 4.74 Å². The maximum absolute atomic E-state index is 11.9. The van der Waals surface area contributed by atoms with E-state index < -0.39 is 0 Å². The van der Waals surface area contributed by atoms with Gasteiger partial charge in [0.2, 0.25) is 0 Å². The van der Waals surface area contributed by atoms with Crippen molar-refractivity contribution in [2.24, 2.45) is 0 Å². The molecular formula is C18H14O2. The lowest BCUT2D eigenvalue weighted by atomic mass is 9.83. The summed E-state index contributed by atoms with van der Waals surface area (Å²) in [4.78, 5) is 11.9. The second kappa shape index (κ2) is 4.34. The molecule has 2 nitrogen and oxygen atoms in total. The average Bonchev–Trinajstić information content (AvgIpc) is 2.61. The summed E-state index contributed by atoms with van der Waals surface area (Å²) in [6.07, 6.45) is 1.96. The van der Waals surface area contributed by atoms with Crippen LogP contribution in [0.3, 0.4) is 0 Å². The minimum atomic E-state index is 0.318. The van der Waals surface area contributed by atoms with Gasteiger partial charge in [0.15, 0.2) is 0 Å². The van der Waals surface area contributed by atoms with Crippen LogP contribution in [0, 0.1) is 0 Å². The van der Waals surface area contributed by atoms with E-state index in [9.17, 15) is 4.79 Å². The lowest BCUT2D eigenvalue weighted by molar-refractivity contribution is -0.118. The summed E-state index contributed by atoms with van der Waals surface area (Å²) in [5.41, 5.74) is 4.60. The van der Waals surface area contributed by atoms with Crippen LogP contribution in [0.2, 0.25) is 0 Å². The van der Waals surface area contributed by atoms with Gasteiger partial charge in [-0.1, -0.05) is 36.4 Å². The van der Waals surface area contributed by atoms with E-state index in [-0.39, 0.29) is 0 Å². The average molecular weight is 262 g/mol. The number of carbonyl (C=O) groups is 1. The third-order valence-electron chi connectivity index (χ3n) is 4.04. The normalized spacial score (nSPS) is 16.7. The van der Waals surface area contributed by atoms with E-state index >= 15 is 0 Å². The highest BCUT2D eigenvalue weighted by molar-refractivity contribution is 6.06. The predicted octanol–water partition coefficient (Wildman–Crippen LogP) is 4.46. The number of carbonyl (C=O) groups excluding carboxylic acids is 1. The standard InChI is InChI=1S/C18H14O2/c19-12-9-10-13-14-5-1-3-7-17(14)20-18-8-4-2-6-15(18)16(13)11-12/h1-8H,9-11H2. The molecule has 98 valence electrons. The van der Waals surface area contributed by atoms with Crippen LogP contribution in [0.5, 0.6) is 11.5 Å². The minimum absolute atomic E-state index is 0.318. The molecule has 20 heavy (non-hydrogen) atoms. The van der Waals surface area contributed by atoms with Gasteiger partial charge in [0.25, 0.3) is 0 Å². The van der Waals surface area contributed by atoms with Crippen molar-refractivity contribution < 1.29 is 9.53 Å². The maximum atomic E-state index is 11.9. The van der Waals surface area contributed by atoms with Crippen LogP contribution in [0.15, 0.2) is 48.5 Å². The molecule has 0 amide bonds. The van der Waals surface area contributed by atoms with E-state index in [1.165, 1.54) is 5.57 Å². The van der Waals surface area contributed by atoms with Crippen molar-refractivity contribution >= 4 is 16.9 Å². The molecule has 0 atom stereocenters. The highest BCUT2D eigenvalue weighted by atomic mass is 16.5. The Morgan fingerprint density at radius 1 is 0.750 bits per heavy atom. The summed E-state index contributed by atoms with van der Waals surface area (Å²) in [6, 6.07) is 16.1. The first-order valence-corrected chi connectivity index (χ1v) is 6.93. The Kier molecular flexibility index (Phi) is 2.49. The number of ether oxygens (including phenoxy) is 1. The first-order valence-electron chi connectivity index (χ1n) is 6.93. The van der Waals surface area contributed by atoms with Crippen molar-refractivity contribution in [1.29, 1.82) is 0 Å². The Labute approximate surface area is 117 Å². The second-order valence-corrected chi connectivity index (χ2v) is 5.27. The van der Waals surface area contributed by atoms with Crippen LogP contribution in [0.1, 0.15) is 30.4 Å². The smallest absolute Gasteiger partial charge is 0.137 e. The summed E-state index contributed by atoms with van der Waals surface area (Å²) in [6.45, 7) is 0. The Balaban J connectivity index is 2.04. The first kappa shape index (κ1) is 11.5. The van der Waals surface area contributed by atoms with Gasteiger partial charge in [-0.3, -0.25) is 4.79 Å². The summed E-state index contributed by atoms with van der Waals surface area (Å²) >= 11 is 0. The number of Topliss-reactive ketones (excluding diaryl/α,β-unsaturated/α-hetero) is 1. The second-order valence-electron chi connectivity index (χ2n) is 5.27. The van der Waals surface area contributed by atoms with Gasteiger partial charge in [-0.05, 0) is 29.7 Å². The molecule has 4 rings (SSSR count). The lowest BCUT2D eigenvalue weighted by Gasteiger charge is -2.19. The molecule has 0 bridgehead atoms. The molecule has 0 aromatic heterocycles. The molecule has 0 N–H and O–H groups in total. The molecule has 0 radical (unpaired) electrons. The molecule has 2 aliphatic rings. The largest absolute Gasteiger partial charge is 0.456 e. The summed E-state index contributed by atoms with van der Waals surface area (Å²) < 4.78 is 6.08. The Morgan fingerprint density at radius 2 is 1.35 bits per heavy atom. The van der Waals surface area contributed by atoms with Gasteiger partial charge < -0.3 is 4.74 Å². The monoisotopic (exact) mass is 262 g/mol. The number of benzene rings is 2. The number of para-hydroxylation sites is 2. The van der Waals surface area contributed by atoms with Gasteiger partial charge in [0.1, 0.15) is 17.3 Å². The Morgan fingerprint density at radius 3 is 2.05 bits per heavy atom. The zero-order chi connectivity index (χ0) is 13.5. The topological polar surface area (TPSA) is 26.3 Å². The van der Waals surface area contributed by atoms with Crippen molar-refractivity contribution in [2.75, 3.05) is 0 Å². The molecule has 0 spiro atoms. The molecule has 2 heteroatoms. The molecule has 1 heterocycles. The molecule has 1 aliphatic heterocycles. The van der Waals surface area contributed by atoms with Crippen molar-refractivity contribution in [3.8, 4) is 11.5 Å². The zero-order valence-corrected chi connectivity index (χ0v) is 11.1. The van der Waals surface area contributed by atoms with Crippen molar-refractivity contribution in [3.63, 3.8) is 0 Å². The van der Waals surface area contributed by atoms with Crippen LogP contribution >= 0.6 is 0 Å². The summed E-state index contributed by atoms with van der Waals surface area (Å²) in [5.74, 6) is 2.05. The van der Waals surface area contributed by atoms with Gasteiger partial charge in [0.05, 0.1) is 0 Å². The fourth-order valence-electron chi connectivity index (χ4n) is 3.09. The van der Waals surface area contributed by atoms with E-state index in [1.807, 2.05) is 36.4 Å². The van der Waals surface area contributed by atoms with Gasteiger partial charge in [-0.15, -0.1) is 0 Å². The number of fused-ring (bicyclic) bond motifs is 4. The molecule has 2 aromatic rings. The van der Waals surface area contributed by atoms with Crippen LogP contribution in [-0.4, -0.2) is 5.78 Å². The van der Waals surface area contributed by atoms with Crippen LogP contribution in [-0.2, 0) is 4.79 Å². The number of hydrogen-bond donors (Lipinski definition) is 0. The van der Waals surface area contributed by atoms with E-state index in [0.29, 0.717) is 18.6 Å². The molecule has 2 aromatic carbocycles. The van der Waals surface area contributed by atoms with Crippen molar-refractivity contribution in [2.45, 2.75) is 19.3 Å². The highest BCUT2D eigenvalue weighted by Gasteiger charge is 2.27. The van der Waals surface area contributed by atoms with E-state index in [1.54, 1.807) is 0 Å². The summed E-state index contributed by atoms with van der Waals surface area (Å²) in [7, 11) is 0. The molecule has 0 saturated heterocycles. The van der Waals surface area contributed by atoms with Gasteiger partial charge >= 0.3 is 0 Å². The fraction of sp³-hybridized carbons (Fsp3) is 0.167. The number of allylic oxidation sites excluding steroid dienone is 2. The third kappa shape index (κ3) is 1.68. The zero-order valence-electron chi connectivity index (χ0n) is 11.1. The van der Waals surface area contributed by atoms with Gasteiger partial charge in [0, 0.05) is 24.0 Å². The molecular weight excluding hydrogens is 248 g/mol. The Hall–Kier alpha value is -2.35. The van der Waals surface area contributed by atoms with Crippen LogP contribution in [0.4, 0.5) is 0 Å². The lowest BCUT2D eigenvalue weighted by Crippen LogP contribution is -2.07. The Bertz CT molecular complexity index is 741. The van der Waals surface area contributed by atoms with E-state index in [2.05, 4.69) is 12.1 Å². The van der Waals surface area contributed by atoms with E-state index in [4.69, 9.17) is 4.74 Å². The maximum Gasteiger partial charge on any atom is 0.137 e. The van der Waals surface area contributed by atoms with Crippen molar-refractivity contribution in [3.05, 3.63) is 59.7 Å². The minimum Gasteiger partial charge on any atom is -0.456 e. The highest BCUT2D eigenvalue weighted by Crippen LogP contribution is 2.46. The van der Waals surface area contributed by atoms with Crippen molar-refractivity contribution in [1.82, 2.24) is 0 Å². The van der Waals surface area contributed by atoms with Gasteiger partial charge in [-0.2, -0.15) is 0 Å². The molecule has 0 saturated carbocycles. The number of rotatable bonds is 0. The molecule has 1 aliphatic carbocycles. The quantitative estimate of drug-likeness (QED) is 0.700. The van der Waals surface area contributed by atoms with E-state index in [0.717, 1.165) is 34.6 Å². The number of ketones is 1. The van der Waals surface area contributed by atoms with Gasteiger partial charge in [-0.25, -0.2) is 0 Å². The van der Waals surface area contributed by atoms with Crippen LogP contribution in [0.25, 0.3) is 11.1 Å². The summed E-state index contributed by atoms with van der Waals surface area (Å²) in [5, 5.41) is 0. The predicted molar refractivity (Wildman–Crippen MR) is 78.6 cm³/mol. The molecule has 0 unspecified atom stereocenters. The molecule has 0 fully saturated rings. The fourth-order valence-corrected chi connectivity index (χ4v) is 3.09. The SMILES string of the molecule is O=C1CCC2=C(C1)c1ccccc1Oc1ccccc12. The number of hydrogen-bond acceptors (Lipinski definition) is 2.